The van der Waals surface area contributed by atoms with Crippen LogP contribution in [0.25, 0.3) is 6.08 Å². The van der Waals surface area contributed by atoms with E-state index in [1.807, 2.05) is 24.4 Å². The third-order valence-corrected chi connectivity index (χ3v) is 1.99. The highest BCUT2D eigenvalue weighted by atomic mass is 16.5. The summed E-state index contributed by atoms with van der Waals surface area (Å²) in [5, 5.41) is 0. The van der Waals surface area contributed by atoms with Crippen molar-refractivity contribution in [3.8, 4) is 5.75 Å². The minimum absolute atomic E-state index is 0.647. The van der Waals surface area contributed by atoms with Gasteiger partial charge in [-0.3, -0.25) is 4.99 Å². The monoisotopic (exact) mass is 173 g/mol. The molecule has 2 heteroatoms. The van der Waals surface area contributed by atoms with Crippen molar-refractivity contribution < 1.29 is 4.74 Å². The third-order valence-electron chi connectivity index (χ3n) is 1.99. The van der Waals surface area contributed by atoms with Gasteiger partial charge in [0.25, 0.3) is 0 Å². The summed E-state index contributed by atoms with van der Waals surface area (Å²) >= 11 is 0. The molecule has 0 bridgehead atoms. The molecule has 0 spiro atoms. The number of fused-ring (bicyclic) bond motifs is 1. The average molecular weight is 173 g/mol. The fourth-order valence-electron chi connectivity index (χ4n) is 1.37. The summed E-state index contributed by atoms with van der Waals surface area (Å²) in [5.74, 6) is 0.902. The molecule has 0 unspecified atom stereocenters. The van der Waals surface area contributed by atoms with Gasteiger partial charge < -0.3 is 4.74 Å². The van der Waals surface area contributed by atoms with Gasteiger partial charge in [0.1, 0.15) is 12.4 Å². The lowest BCUT2D eigenvalue weighted by Gasteiger charge is -2.08. The highest BCUT2D eigenvalue weighted by molar-refractivity contribution is 5.86. The van der Waals surface area contributed by atoms with Crippen molar-refractivity contribution in [2.24, 2.45) is 4.99 Å². The van der Waals surface area contributed by atoms with Gasteiger partial charge in [-0.15, -0.1) is 0 Å². The first kappa shape index (κ1) is 8.05. The summed E-state index contributed by atoms with van der Waals surface area (Å²) in [4.78, 5) is 4.20. The van der Waals surface area contributed by atoms with Crippen molar-refractivity contribution in [2.45, 2.75) is 0 Å². The molecule has 1 heterocycles. The second-order valence-corrected chi connectivity index (χ2v) is 2.85. The lowest BCUT2D eigenvalue weighted by Crippen LogP contribution is -2.00. The molecule has 1 aliphatic rings. The van der Waals surface area contributed by atoms with Crippen molar-refractivity contribution in [1.29, 1.82) is 0 Å². The number of ether oxygens (including phenoxy) is 1. The summed E-state index contributed by atoms with van der Waals surface area (Å²) in [6.45, 7) is 5.12. The van der Waals surface area contributed by atoms with Crippen molar-refractivity contribution >= 4 is 12.3 Å². The SMILES string of the molecule is C=Cc1cccc2c1OCCN=C2. The molecule has 1 aromatic carbocycles. The lowest BCUT2D eigenvalue weighted by atomic mass is 10.1. The number of aliphatic imine (C=N–C) groups is 1. The largest absolute Gasteiger partial charge is 0.490 e. The summed E-state index contributed by atoms with van der Waals surface area (Å²) in [7, 11) is 0. The van der Waals surface area contributed by atoms with Gasteiger partial charge in [0.05, 0.1) is 6.54 Å². The summed E-state index contributed by atoms with van der Waals surface area (Å²) in [5.41, 5.74) is 2.07. The van der Waals surface area contributed by atoms with Crippen LogP contribution in [-0.4, -0.2) is 19.4 Å². The molecule has 2 nitrogen and oxygen atoms in total. The predicted molar refractivity (Wildman–Crippen MR) is 54.5 cm³/mol. The van der Waals surface area contributed by atoms with Gasteiger partial charge in [0, 0.05) is 17.3 Å². The van der Waals surface area contributed by atoms with Crippen LogP contribution in [0, 0.1) is 0 Å². The van der Waals surface area contributed by atoms with E-state index >= 15 is 0 Å². The first-order valence-corrected chi connectivity index (χ1v) is 4.30. The first-order chi connectivity index (χ1) is 6.42. The fourth-order valence-corrected chi connectivity index (χ4v) is 1.37. The van der Waals surface area contributed by atoms with Crippen LogP contribution in [0.4, 0.5) is 0 Å². The Kier molecular flexibility index (Phi) is 2.13. The zero-order chi connectivity index (χ0) is 9.10. The molecule has 0 aliphatic carbocycles. The molecule has 13 heavy (non-hydrogen) atoms. The normalized spacial score (nSPS) is 14.2. The van der Waals surface area contributed by atoms with Crippen LogP contribution in [0.3, 0.4) is 0 Å². The Morgan fingerprint density at radius 2 is 2.38 bits per heavy atom. The Hall–Kier alpha value is -1.57. The maximum atomic E-state index is 5.57. The molecule has 1 aromatic rings. The zero-order valence-corrected chi connectivity index (χ0v) is 7.36. The number of rotatable bonds is 1. The van der Waals surface area contributed by atoms with Crippen LogP contribution in [0.5, 0.6) is 5.75 Å². The van der Waals surface area contributed by atoms with E-state index in [4.69, 9.17) is 4.74 Å². The molecule has 0 saturated carbocycles. The standard InChI is InChI=1S/C11H11NO/c1-2-9-4-3-5-10-8-12-6-7-13-11(9)10/h2-5,8H,1,6-7H2. The Morgan fingerprint density at radius 3 is 3.23 bits per heavy atom. The summed E-state index contributed by atoms with van der Waals surface area (Å²) in [6, 6.07) is 5.97. The average Bonchev–Trinajstić information content (AvgIpc) is 2.41. The minimum atomic E-state index is 0.647. The van der Waals surface area contributed by atoms with Gasteiger partial charge in [-0.1, -0.05) is 24.8 Å². The van der Waals surface area contributed by atoms with E-state index in [9.17, 15) is 0 Å². The van der Waals surface area contributed by atoms with Crippen molar-refractivity contribution in [3.05, 3.63) is 35.9 Å². The Bertz CT molecular complexity index is 355. The first-order valence-electron chi connectivity index (χ1n) is 4.30. The smallest absolute Gasteiger partial charge is 0.135 e. The van der Waals surface area contributed by atoms with E-state index in [1.165, 1.54) is 0 Å². The number of hydrogen-bond donors (Lipinski definition) is 0. The molecule has 2 rings (SSSR count). The molecule has 0 N–H and O–H groups in total. The molecular formula is C11H11NO. The predicted octanol–water partition coefficient (Wildman–Crippen LogP) is 2.14. The second-order valence-electron chi connectivity index (χ2n) is 2.85. The number of hydrogen-bond acceptors (Lipinski definition) is 2. The number of nitrogens with zero attached hydrogens (tertiary/aromatic N) is 1. The Balaban J connectivity index is 2.55. The minimum Gasteiger partial charge on any atom is -0.490 e. The Morgan fingerprint density at radius 1 is 1.46 bits per heavy atom. The highest BCUT2D eigenvalue weighted by Gasteiger charge is 2.07. The van der Waals surface area contributed by atoms with E-state index in [1.54, 1.807) is 6.08 Å². The summed E-state index contributed by atoms with van der Waals surface area (Å²) < 4.78 is 5.57. The van der Waals surface area contributed by atoms with Crippen LogP contribution < -0.4 is 4.74 Å². The zero-order valence-electron chi connectivity index (χ0n) is 7.36. The van der Waals surface area contributed by atoms with Gasteiger partial charge >= 0.3 is 0 Å². The van der Waals surface area contributed by atoms with Gasteiger partial charge in [0.2, 0.25) is 0 Å². The maximum Gasteiger partial charge on any atom is 0.135 e. The topological polar surface area (TPSA) is 21.6 Å². The van der Waals surface area contributed by atoms with Crippen molar-refractivity contribution in [2.75, 3.05) is 13.2 Å². The van der Waals surface area contributed by atoms with E-state index in [-0.39, 0.29) is 0 Å². The maximum absolute atomic E-state index is 5.57. The van der Waals surface area contributed by atoms with E-state index < -0.39 is 0 Å². The van der Waals surface area contributed by atoms with Crippen LogP contribution in [0.15, 0.2) is 29.8 Å². The van der Waals surface area contributed by atoms with Crippen LogP contribution in [-0.2, 0) is 0 Å². The molecule has 0 atom stereocenters. The van der Waals surface area contributed by atoms with Gasteiger partial charge in [0.15, 0.2) is 0 Å². The fraction of sp³-hybridized carbons (Fsp3) is 0.182. The van der Waals surface area contributed by atoms with Crippen molar-refractivity contribution in [1.82, 2.24) is 0 Å². The molecule has 0 aromatic heterocycles. The Labute approximate surface area is 77.6 Å². The van der Waals surface area contributed by atoms with E-state index in [0.717, 1.165) is 23.4 Å². The van der Waals surface area contributed by atoms with Gasteiger partial charge in [-0.05, 0) is 6.07 Å². The second kappa shape index (κ2) is 3.44. The van der Waals surface area contributed by atoms with Crippen LogP contribution in [0.1, 0.15) is 11.1 Å². The van der Waals surface area contributed by atoms with Gasteiger partial charge in [-0.25, -0.2) is 0 Å². The number of para-hydroxylation sites is 1. The lowest BCUT2D eigenvalue weighted by molar-refractivity contribution is 0.330. The van der Waals surface area contributed by atoms with Crippen LogP contribution in [0.2, 0.25) is 0 Å². The van der Waals surface area contributed by atoms with Crippen LogP contribution >= 0.6 is 0 Å². The highest BCUT2D eigenvalue weighted by Crippen LogP contribution is 2.24. The molecular weight excluding hydrogens is 162 g/mol. The van der Waals surface area contributed by atoms with E-state index in [0.29, 0.717) is 6.61 Å². The molecule has 0 saturated heterocycles. The summed E-state index contributed by atoms with van der Waals surface area (Å²) in [6.07, 6.45) is 3.66. The molecule has 0 fully saturated rings. The molecule has 0 radical (unpaired) electrons. The quantitative estimate of drug-likeness (QED) is 0.637. The molecule has 0 amide bonds. The van der Waals surface area contributed by atoms with E-state index in [2.05, 4.69) is 11.6 Å². The van der Waals surface area contributed by atoms with Crippen molar-refractivity contribution in [3.63, 3.8) is 0 Å². The third kappa shape index (κ3) is 1.47. The molecule has 1 aliphatic heterocycles. The van der Waals surface area contributed by atoms with Gasteiger partial charge in [-0.2, -0.15) is 0 Å². The number of benzene rings is 1. The molecule has 66 valence electrons.